The number of hydrogen-bond donors (Lipinski definition) is 1. The molecule has 3 aromatic rings. The van der Waals surface area contributed by atoms with E-state index < -0.39 is 0 Å². The summed E-state index contributed by atoms with van der Waals surface area (Å²) in [6, 6.07) is 17.1. The third kappa shape index (κ3) is 3.68. The third-order valence-corrected chi connectivity index (χ3v) is 5.67. The van der Waals surface area contributed by atoms with Crippen LogP contribution >= 0.6 is 0 Å². The Bertz CT molecular complexity index is 1180. The molecule has 0 spiro atoms. The second kappa shape index (κ2) is 8.07. The van der Waals surface area contributed by atoms with Crippen LogP contribution in [0.25, 0.3) is 22.6 Å². The molecule has 7 heteroatoms. The highest BCUT2D eigenvalue weighted by Gasteiger charge is 2.26. The molecule has 1 aromatic heterocycles. The minimum Gasteiger partial charge on any atom is -0.454 e. The van der Waals surface area contributed by atoms with Gasteiger partial charge < -0.3 is 14.8 Å². The SMILES string of the molecule is N#Cc1c(NC(=O)C2CCCC2)nc(-c2ccccc2)nc1-c1ccc2c(c1)OCO2. The van der Waals surface area contributed by atoms with E-state index in [2.05, 4.69) is 16.4 Å². The number of rotatable bonds is 4. The molecule has 31 heavy (non-hydrogen) atoms. The lowest BCUT2D eigenvalue weighted by Gasteiger charge is -2.15. The Labute approximate surface area is 179 Å². The maximum Gasteiger partial charge on any atom is 0.231 e. The van der Waals surface area contributed by atoms with Crippen molar-refractivity contribution >= 4 is 11.7 Å². The van der Waals surface area contributed by atoms with Crippen LogP contribution in [0, 0.1) is 17.2 Å². The smallest absolute Gasteiger partial charge is 0.231 e. The zero-order chi connectivity index (χ0) is 21.2. The van der Waals surface area contributed by atoms with Crippen molar-refractivity contribution in [2.24, 2.45) is 5.92 Å². The topological polar surface area (TPSA) is 97.1 Å². The standard InChI is InChI=1S/C24H20N4O3/c25-13-18-21(17-10-11-19-20(12-17)31-14-30-19)26-22(15-6-2-1-3-7-15)27-23(18)28-24(29)16-8-4-5-9-16/h1-3,6-7,10-12,16H,4-5,8-9,14H2,(H,26,27,28,29). The summed E-state index contributed by atoms with van der Waals surface area (Å²) in [5.41, 5.74) is 2.16. The number of carbonyl (C=O) groups is 1. The third-order valence-electron chi connectivity index (χ3n) is 5.67. The Morgan fingerprint density at radius 1 is 1.00 bits per heavy atom. The van der Waals surface area contributed by atoms with Crippen molar-refractivity contribution in [1.82, 2.24) is 9.97 Å². The number of carbonyl (C=O) groups excluding carboxylic acids is 1. The lowest BCUT2D eigenvalue weighted by Crippen LogP contribution is -2.22. The molecular weight excluding hydrogens is 392 g/mol. The Kier molecular flexibility index (Phi) is 4.97. The fraction of sp³-hybridized carbons (Fsp3) is 0.250. The number of fused-ring (bicyclic) bond motifs is 1. The maximum absolute atomic E-state index is 12.8. The van der Waals surface area contributed by atoms with Gasteiger partial charge in [0.2, 0.25) is 12.7 Å². The first-order chi connectivity index (χ1) is 15.2. The Morgan fingerprint density at radius 2 is 1.77 bits per heavy atom. The second-order valence-corrected chi connectivity index (χ2v) is 7.64. The van der Waals surface area contributed by atoms with Gasteiger partial charge in [-0.25, -0.2) is 9.97 Å². The molecule has 2 aromatic carbocycles. The summed E-state index contributed by atoms with van der Waals surface area (Å²) in [5.74, 6) is 1.78. The first kappa shape index (κ1) is 19.1. The summed E-state index contributed by atoms with van der Waals surface area (Å²) >= 11 is 0. The van der Waals surface area contributed by atoms with E-state index in [4.69, 9.17) is 14.5 Å². The van der Waals surface area contributed by atoms with Crippen LogP contribution in [0.4, 0.5) is 5.82 Å². The molecule has 0 saturated heterocycles. The lowest BCUT2D eigenvalue weighted by atomic mass is 10.0. The highest BCUT2D eigenvalue weighted by atomic mass is 16.7. The van der Waals surface area contributed by atoms with Crippen molar-refractivity contribution in [2.45, 2.75) is 25.7 Å². The van der Waals surface area contributed by atoms with Gasteiger partial charge in [0.1, 0.15) is 11.6 Å². The van der Waals surface area contributed by atoms with Gasteiger partial charge in [0.15, 0.2) is 23.1 Å². The van der Waals surface area contributed by atoms with Crippen molar-refractivity contribution in [3.8, 4) is 40.2 Å². The molecular formula is C24H20N4O3. The van der Waals surface area contributed by atoms with Crippen molar-refractivity contribution in [2.75, 3.05) is 12.1 Å². The number of anilines is 1. The quantitative estimate of drug-likeness (QED) is 0.676. The van der Waals surface area contributed by atoms with Gasteiger partial charge in [0.25, 0.3) is 0 Å². The number of aromatic nitrogens is 2. The van der Waals surface area contributed by atoms with Crippen molar-refractivity contribution in [1.29, 1.82) is 5.26 Å². The summed E-state index contributed by atoms with van der Waals surface area (Å²) in [4.78, 5) is 22.1. The van der Waals surface area contributed by atoms with Crippen LogP contribution in [0.15, 0.2) is 48.5 Å². The summed E-state index contributed by atoms with van der Waals surface area (Å²) < 4.78 is 10.9. The molecule has 154 valence electrons. The van der Waals surface area contributed by atoms with Crippen LogP contribution in [-0.2, 0) is 4.79 Å². The van der Waals surface area contributed by atoms with Crippen molar-refractivity contribution < 1.29 is 14.3 Å². The fourth-order valence-electron chi connectivity index (χ4n) is 4.03. The molecule has 0 unspecified atom stereocenters. The zero-order valence-corrected chi connectivity index (χ0v) is 16.8. The number of benzene rings is 2. The second-order valence-electron chi connectivity index (χ2n) is 7.64. The van der Waals surface area contributed by atoms with Crippen LogP contribution in [0.3, 0.4) is 0 Å². The van der Waals surface area contributed by atoms with E-state index in [1.165, 1.54) is 0 Å². The lowest BCUT2D eigenvalue weighted by molar-refractivity contribution is -0.119. The molecule has 1 amide bonds. The van der Waals surface area contributed by atoms with E-state index in [9.17, 15) is 10.1 Å². The number of nitrogens with zero attached hydrogens (tertiary/aromatic N) is 3. The normalized spacial score (nSPS) is 14.9. The average molecular weight is 412 g/mol. The highest BCUT2D eigenvalue weighted by molar-refractivity contribution is 5.94. The van der Waals surface area contributed by atoms with Crippen LogP contribution in [0.1, 0.15) is 31.2 Å². The van der Waals surface area contributed by atoms with E-state index in [0.717, 1.165) is 31.2 Å². The Balaban J connectivity index is 1.63. The molecule has 1 aliphatic heterocycles. The average Bonchev–Trinajstić information content (AvgIpc) is 3.51. The van der Waals surface area contributed by atoms with Gasteiger partial charge in [-0.3, -0.25) is 4.79 Å². The first-order valence-electron chi connectivity index (χ1n) is 10.3. The molecule has 1 N–H and O–H groups in total. The van der Waals surface area contributed by atoms with Crippen molar-refractivity contribution in [3.05, 3.63) is 54.1 Å². The number of nitrogens with one attached hydrogen (secondary N) is 1. The maximum atomic E-state index is 12.8. The number of amides is 1. The molecule has 1 aliphatic carbocycles. The zero-order valence-electron chi connectivity index (χ0n) is 16.8. The predicted octanol–water partition coefficient (Wildman–Crippen LogP) is 4.54. The monoisotopic (exact) mass is 412 g/mol. The van der Waals surface area contributed by atoms with Crippen LogP contribution in [0.5, 0.6) is 11.5 Å². The Hall–Kier alpha value is -3.92. The minimum atomic E-state index is -0.0941. The van der Waals surface area contributed by atoms with E-state index in [0.29, 0.717) is 28.6 Å². The largest absolute Gasteiger partial charge is 0.454 e. The summed E-state index contributed by atoms with van der Waals surface area (Å²) in [7, 11) is 0. The molecule has 1 saturated carbocycles. The Morgan fingerprint density at radius 3 is 2.55 bits per heavy atom. The summed E-state index contributed by atoms with van der Waals surface area (Å²) in [5, 5.41) is 12.9. The molecule has 1 fully saturated rings. The fourth-order valence-corrected chi connectivity index (χ4v) is 4.03. The highest BCUT2D eigenvalue weighted by Crippen LogP contribution is 2.38. The van der Waals surface area contributed by atoms with E-state index in [-0.39, 0.29) is 30.0 Å². The minimum absolute atomic E-state index is 0.0457. The molecule has 0 radical (unpaired) electrons. The van der Waals surface area contributed by atoms with Crippen LogP contribution < -0.4 is 14.8 Å². The van der Waals surface area contributed by atoms with Crippen LogP contribution in [-0.4, -0.2) is 22.7 Å². The van der Waals surface area contributed by atoms with E-state index in [1.807, 2.05) is 36.4 Å². The predicted molar refractivity (Wildman–Crippen MR) is 114 cm³/mol. The summed E-state index contributed by atoms with van der Waals surface area (Å²) in [6.45, 7) is 0.158. The van der Waals surface area contributed by atoms with Gasteiger partial charge in [0.05, 0.1) is 5.69 Å². The molecule has 2 heterocycles. The number of ether oxygens (including phenoxy) is 2. The van der Waals surface area contributed by atoms with Crippen LogP contribution in [0.2, 0.25) is 0 Å². The van der Waals surface area contributed by atoms with Gasteiger partial charge in [0, 0.05) is 17.0 Å². The van der Waals surface area contributed by atoms with Gasteiger partial charge >= 0.3 is 0 Å². The van der Waals surface area contributed by atoms with Gasteiger partial charge in [-0.15, -0.1) is 0 Å². The molecule has 0 bridgehead atoms. The first-order valence-corrected chi connectivity index (χ1v) is 10.3. The molecule has 0 atom stereocenters. The van der Waals surface area contributed by atoms with Crippen molar-refractivity contribution in [3.63, 3.8) is 0 Å². The molecule has 2 aliphatic rings. The number of hydrogen-bond acceptors (Lipinski definition) is 6. The molecule has 5 rings (SSSR count). The van der Waals surface area contributed by atoms with Gasteiger partial charge in [-0.2, -0.15) is 5.26 Å². The number of nitriles is 1. The van der Waals surface area contributed by atoms with E-state index in [1.54, 1.807) is 12.1 Å². The molecule has 7 nitrogen and oxygen atoms in total. The summed E-state index contributed by atoms with van der Waals surface area (Å²) in [6.07, 6.45) is 3.81. The van der Waals surface area contributed by atoms with Gasteiger partial charge in [-0.05, 0) is 31.0 Å². The van der Waals surface area contributed by atoms with Gasteiger partial charge in [-0.1, -0.05) is 43.2 Å². The van der Waals surface area contributed by atoms with E-state index >= 15 is 0 Å².